The summed E-state index contributed by atoms with van der Waals surface area (Å²) in [5, 5.41) is 8.80. The molecule has 0 aliphatic rings. The van der Waals surface area contributed by atoms with Crippen LogP contribution in [0.1, 0.15) is 0 Å². The number of para-hydroxylation sites is 4. The molecule has 5 heteroatoms. The van der Waals surface area contributed by atoms with E-state index in [1.54, 1.807) is 0 Å². The fourth-order valence-electron chi connectivity index (χ4n) is 7.52. The van der Waals surface area contributed by atoms with Crippen molar-refractivity contribution in [3.05, 3.63) is 133 Å². The summed E-state index contributed by atoms with van der Waals surface area (Å²) in [4.78, 5) is 4.92. The molecule has 0 bridgehead atoms. The molecule has 0 aliphatic carbocycles. The quantitative estimate of drug-likeness (QED) is 0.201. The second kappa shape index (κ2) is 8.65. The first-order chi connectivity index (χ1) is 22.8. The summed E-state index contributed by atoms with van der Waals surface area (Å²) in [7, 11) is 0. The number of fused-ring (bicyclic) bond motifs is 12. The third-order valence-corrected chi connectivity index (χ3v) is 9.41. The van der Waals surface area contributed by atoms with Crippen molar-refractivity contribution in [2.24, 2.45) is 0 Å². The fourth-order valence-corrected chi connectivity index (χ4v) is 7.52. The third kappa shape index (κ3) is 3.06. The zero-order valence-corrected chi connectivity index (χ0v) is 24.3. The Morgan fingerprint density at radius 2 is 1.20 bits per heavy atom. The maximum atomic E-state index is 6.79. The molecule has 11 rings (SSSR count). The number of furan rings is 2. The van der Waals surface area contributed by atoms with Gasteiger partial charge in [0.1, 0.15) is 27.8 Å². The van der Waals surface area contributed by atoms with Crippen LogP contribution < -0.4 is 0 Å². The molecule has 0 saturated heterocycles. The number of benzene rings is 7. The summed E-state index contributed by atoms with van der Waals surface area (Å²) in [5.74, 6) is 0.551. The van der Waals surface area contributed by atoms with E-state index in [0.717, 1.165) is 88.0 Å². The largest absolute Gasteiger partial charge is 0.456 e. The molecule has 7 aromatic carbocycles. The molecule has 0 radical (unpaired) electrons. The van der Waals surface area contributed by atoms with Crippen molar-refractivity contribution in [1.29, 1.82) is 0 Å². The van der Waals surface area contributed by atoms with Crippen LogP contribution >= 0.6 is 0 Å². The van der Waals surface area contributed by atoms with E-state index in [1.807, 2.05) is 42.5 Å². The Bertz CT molecular complexity index is 3010. The van der Waals surface area contributed by atoms with E-state index >= 15 is 0 Å². The highest BCUT2D eigenvalue weighted by atomic mass is 16.4. The summed E-state index contributed by atoms with van der Waals surface area (Å²) in [6, 6.07) is 46.0. The number of oxazole rings is 1. The van der Waals surface area contributed by atoms with Crippen LogP contribution in [0.25, 0.3) is 105 Å². The smallest absolute Gasteiger partial charge is 0.231 e. The van der Waals surface area contributed by atoms with Gasteiger partial charge in [-0.25, -0.2) is 4.98 Å². The monoisotopic (exact) mass is 590 g/mol. The molecule has 0 unspecified atom stereocenters. The first-order valence-corrected chi connectivity index (χ1v) is 15.4. The number of aromatic nitrogens is 2. The van der Waals surface area contributed by atoms with Gasteiger partial charge in [-0.15, -0.1) is 0 Å². The van der Waals surface area contributed by atoms with Crippen LogP contribution in [0.5, 0.6) is 0 Å². The van der Waals surface area contributed by atoms with Crippen molar-refractivity contribution in [2.75, 3.05) is 0 Å². The van der Waals surface area contributed by atoms with Crippen LogP contribution in [0, 0.1) is 0 Å². The Balaban J connectivity index is 1.30. The summed E-state index contributed by atoms with van der Waals surface area (Å²) in [5.41, 5.74) is 9.06. The van der Waals surface area contributed by atoms with E-state index < -0.39 is 0 Å². The number of nitrogens with zero attached hydrogens (tertiary/aromatic N) is 2. The van der Waals surface area contributed by atoms with E-state index in [0.29, 0.717) is 5.89 Å². The van der Waals surface area contributed by atoms with Crippen molar-refractivity contribution >= 4 is 87.6 Å². The third-order valence-electron chi connectivity index (χ3n) is 9.41. The predicted molar refractivity (Wildman–Crippen MR) is 186 cm³/mol. The molecule has 4 aromatic heterocycles. The van der Waals surface area contributed by atoms with E-state index in [2.05, 4.69) is 95.6 Å². The maximum Gasteiger partial charge on any atom is 0.231 e. The molecule has 0 amide bonds. The lowest BCUT2D eigenvalue weighted by Crippen LogP contribution is -1.94. The minimum atomic E-state index is 0.551. The second-order valence-corrected chi connectivity index (χ2v) is 11.9. The average molecular weight is 591 g/mol. The summed E-state index contributed by atoms with van der Waals surface area (Å²) in [6.45, 7) is 0. The number of hydrogen-bond acceptors (Lipinski definition) is 4. The van der Waals surface area contributed by atoms with Gasteiger partial charge in [0.2, 0.25) is 5.89 Å². The van der Waals surface area contributed by atoms with Crippen molar-refractivity contribution < 1.29 is 13.3 Å². The molecular weight excluding hydrogens is 568 g/mol. The Labute approximate surface area is 260 Å². The SMILES string of the molecule is c1ccc2c(-c3nc4ccccc4o3)c3oc4cccc(-n5c6ccccc6c6c7c(ccc65)oc5ccccc57)c4c3cc2c1. The van der Waals surface area contributed by atoms with E-state index in [-0.39, 0.29) is 0 Å². The van der Waals surface area contributed by atoms with Gasteiger partial charge in [-0.05, 0) is 65.4 Å². The number of hydrogen-bond donors (Lipinski definition) is 0. The van der Waals surface area contributed by atoms with Crippen LogP contribution in [0.15, 0.2) is 147 Å². The number of rotatable bonds is 2. The Hall–Kier alpha value is -6.33. The van der Waals surface area contributed by atoms with Crippen molar-refractivity contribution in [2.45, 2.75) is 0 Å². The van der Waals surface area contributed by atoms with Crippen LogP contribution in [0.2, 0.25) is 0 Å². The molecule has 214 valence electrons. The molecule has 0 atom stereocenters. The molecule has 0 N–H and O–H groups in total. The molecular formula is C41H22N2O3. The second-order valence-electron chi connectivity index (χ2n) is 11.9. The van der Waals surface area contributed by atoms with Gasteiger partial charge in [0.15, 0.2) is 5.58 Å². The standard InChI is InChI=1S/C41H22N2O3/c1-2-11-24-23(10-1)22-27-36-30(16-9-19-34(36)45-40(27)39(24)41-42-28-14-5-8-18-33(28)46-41)43-29-15-6-3-12-25(29)37-31(43)20-21-35-38(37)26-13-4-7-17-32(26)44-35/h1-22H. The molecule has 46 heavy (non-hydrogen) atoms. The normalized spacial score (nSPS) is 12.3. The highest BCUT2D eigenvalue weighted by molar-refractivity contribution is 6.28. The molecule has 0 fully saturated rings. The average Bonchev–Trinajstić information content (AvgIpc) is 3.86. The van der Waals surface area contributed by atoms with Crippen molar-refractivity contribution in [1.82, 2.24) is 9.55 Å². The van der Waals surface area contributed by atoms with Crippen LogP contribution in [0.3, 0.4) is 0 Å². The topological polar surface area (TPSA) is 57.2 Å². The lowest BCUT2D eigenvalue weighted by atomic mass is 9.99. The van der Waals surface area contributed by atoms with Crippen LogP contribution in [-0.2, 0) is 0 Å². The summed E-state index contributed by atoms with van der Waals surface area (Å²) in [6.07, 6.45) is 0. The minimum absolute atomic E-state index is 0.551. The van der Waals surface area contributed by atoms with Gasteiger partial charge in [0.25, 0.3) is 0 Å². The fraction of sp³-hybridized carbons (Fsp3) is 0. The molecule has 0 spiro atoms. The molecule has 4 heterocycles. The first-order valence-electron chi connectivity index (χ1n) is 15.4. The Kier molecular flexibility index (Phi) is 4.52. The lowest BCUT2D eigenvalue weighted by molar-refractivity contribution is 0.616. The van der Waals surface area contributed by atoms with Gasteiger partial charge in [-0.3, -0.25) is 0 Å². The van der Waals surface area contributed by atoms with E-state index in [4.69, 9.17) is 18.2 Å². The highest BCUT2D eigenvalue weighted by Gasteiger charge is 2.24. The van der Waals surface area contributed by atoms with Gasteiger partial charge in [0, 0.05) is 26.9 Å². The zero-order valence-electron chi connectivity index (χ0n) is 24.3. The van der Waals surface area contributed by atoms with Crippen molar-refractivity contribution in [3.63, 3.8) is 0 Å². The van der Waals surface area contributed by atoms with Crippen molar-refractivity contribution in [3.8, 4) is 17.1 Å². The lowest BCUT2D eigenvalue weighted by Gasteiger charge is -2.10. The molecule has 0 saturated carbocycles. The van der Waals surface area contributed by atoms with Crippen LogP contribution in [-0.4, -0.2) is 9.55 Å². The maximum absolute atomic E-state index is 6.79. The van der Waals surface area contributed by atoms with E-state index in [1.165, 1.54) is 10.8 Å². The van der Waals surface area contributed by atoms with E-state index in [9.17, 15) is 0 Å². The summed E-state index contributed by atoms with van der Waals surface area (Å²) >= 11 is 0. The molecule has 5 nitrogen and oxygen atoms in total. The minimum Gasteiger partial charge on any atom is -0.456 e. The summed E-state index contributed by atoms with van der Waals surface area (Å²) < 4.78 is 21.9. The first kappa shape index (κ1) is 24.0. The van der Waals surface area contributed by atoms with Gasteiger partial charge in [0.05, 0.1) is 27.7 Å². The Morgan fingerprint density at radius 1 is 0.457 bits per heavy atom. The van der Waals surface area contributed by atoms with Gasteiger partial charge < -0.3 is 17.8 Å². The molecule has 11 aromatic rings. The Morgan fingerprint density at radius 3 is 2.11 bits per heavy atom. The molecule has 0 aliphatic heterocycles. The zero-order chi connectivity index (χ0) is 29.9. The van der Waals surface area contributed by atoms with Gasteiger partial charge in [-0.2, -0.15) is 0 Å². The predicted octanol–water partition coefficient (Wildman–Crippen LogP) is 11.5. The van der Waals surface area contributed by atoms with Gasteiger partial charge >= 0.3 is 0 Å². The highest BCUT2D eigenvalue weighted by Crippen LogP contribution is 2.46. The van der Waals surface area contributed by atoms with Crippen LogP contribution in [0.4, 0.5) is 0 Å². The van der Waals surface area contributed by atoms with Gasteiger partial charge in [-0.1, -0.05) is 78.9 Å².